The minimum Gasteiger partial charge on any atom is -0.420 e. The topological polar surface area (TPSA) is 78.7 Å². The quantitative estimate of drug-likeness (QED) is 0.129. The van der Waals surface area contributed by atoms with Gasteiger partial charge < -0.3 is 8.98 Å². The van der Waals surface area contributed by atoms with E-state index in [1.807, 2.05) is 95.6 Å². The molecule has 0 spiro atoms. The maximum atomic E-state index is 13.7. The van der Waals surface area contributed by atoms with Crippen LogP contribution >= 0.6 is 0 Å². The van der Waals surface area contributed by atoms with Crippen LogP contribution in [-0.4, -0.2) is 24.1 Å². The van der Waals surface area contributed by atoms with Gasteiger partial charge in [0.1, 0.15) is 5.52 Å². The van der Waals surface area contributed by atoms with Gasteiger partial charge in [-0.05, 0) is 59.0 Å². The van der Waals surface area contributed by atoms with Crippen LogP contribution in [0, 0.1) is 0 Å². The summed E-state index contributed by atoms with van der Waals surface area (Å²) in [6, 6.07) is 63.9. The first-order chi connectivity index (χ1) is 29.2. The number of rotatable bonds is 5. The van der Waals surface area contributed by atoms with Crippen molar-refractivity contribution < 1.29 is 4.42 Å². The summed E-state index contributed by atoms with van der Waals surface area (Å²) in [7, 11) is 0. The van der Waals surface area contributed by atoms with Crippen LogP contribution in [0.5, 0.6) is 0 Å². The van der Waals surface area contributed by atoms with Crippen LogP contribution in [0.25, 0.3) is 111 Å². The van der Waals surface area contributed by atoms with Gasteiger partial charge in [-0.3, -0.25) is 4.57 Å². The average Bonchev–Trinajstić information content (AvgIpc) is 3.82. The van der Waals surface area contributed by atoms with Crippen molar-refractivity contribution in [1.29, 1.82) is 0 Å². The lowest BCUT2D eigenvalue weighted by molar-refractivity contribution is 0.571. The van der Waals surface area contributed by atoms with E-state index in [9.17, 15) is 4.79 Å². The molecule has 7 heteroatoms. The molecule has 4 aromatic heterocycles. The smallest absolute Gasteiger partial charge is 0.344 e. The van der Waals surface area contributed by atoms with Gasteiger partial charge in [0.25, 0.3) is 0 Å². The number of hydrogen-bond acceptors (Lipinski definition) is 5. The fraction of sp³-hybridized carbons (Fsp3) is 0. The van der Waals surface area contributed by atoms with Gasteiger partial charge in [0.05, 0.1) is 21.9 Å². The zero-order valence-corrected chi connectivity index (χ0v) is 31.5. The number of benzene rings is 8. The number of para-hydroxylation sites is 2. The fourth-order valence-electron chi connectivity index (χ4n) is 8.72. The molecule has 0 amide bonds. The second-order valence-corrected chi connectivity index (χ2v) is 14.8. The molecule has 0 saturated carbocycles. The second-order valence-electron chi connectivity index (χ2n) is 14.8. The number of hydrogen-bond donors (Lipinski definition) is 0. The molecule has 12 aromatic rings. The molecular formula is C52H31N5O2. The largest absolute Gasteiger partial charge is 0.420 e. The van der Waals surface area contributed by atoms with Crippen molar-refractivity contribution in [2.75, 3.05) is 0 Å². The zero-order valence-electron chi connectivity index (χ0n) is 31.5. The van der Waals surface area contributed by atoms with Crippen LogP contribution in [0.2, 0.25) is 0 Å². The highest BCUT2D eigenvalue weighted by Gasteiger charge is 2.23. The lowest BCUT2D eigenvalue weighted by Crippen LogP contribution is -2.07. The first kappa shape index (κ1) is 33.0. The van der Waals surface area contributed by atoms with E-state index in [4.69, 9.17) is 19.4 Å². The molecule has 0 saturated heterocycles. The molecule has 59 heavy (non-hydrogen) atoms. The summed E-state index contributed by atoms with van der Waals surface area (Å²) in [4.78, 5) is 29.1. The monoisotopic (exact) mass is 757 g/mol. The summed E-state index contributed by atoms with van der Waals surface area (Å²) in [5.74, 6) is 1.48. The second kappa shape index (κ2) is 12.9. The summed E-state index contributed by atoms with van der Waals surface area (Å²) < 4.78 is 10.7. The van der Waals surface area contributed by atoms with E-state index in [2.05, 4.69) is 102 Å². The van der Waals surface area contributed by atoms with Gasteiger partial charge in [-0.15, -0.1) is 0 Å². The molecule has 0 aliphatic carbocycles. The minimum atomic E-state index is -0.397. The van der Waals surface area contributed by atoms with E-state index < -0.39 is 5.63 Å². The fourth-order valence-corrected chi connectivity index (χ4v) is 8.72. The van der Waals surface area contributed by atoms with Gasteiger partial charge in [0.15, 0.2) is 17.2 Å². The summed E-state index contributed by atoms with van der Waals surface area (Å²) in [6.07, 6.45) is 0. The Balaban J connectivity index is 1.18. The Kier molecular flexibility index (Phi) is 7.24. The van der Waals surface area contributed by atoms with Gasteiger partial charge in [-0.25, -0.2) is 9.78 Å². The highest BCUT2D eigenvalue weighted by atomic mass is 16.4. The highest BCUT2D eigenvalue weighted by Crippen LogP contribution is 2.41. The summed E-state index contributed by atoms with van der Waals surface area (Å²) in [5.41, 5.74) is 8.83. The summed E-state index contributed by atoms with van der Waals surface area (Å²) in [6.45, 7) is 0. The van der Waals surface area contributed by atoms with Gasteiger partial charge in [-0.1, -0.05) is 146 Å². The molecule has 0 aliphatic rings. The Morgan fingerprint density at radius 2 is 0.864 bits per heavy atom. The lowest BCUT2D eigenvalue weighted by Gasteiger charge is -2.12. The van der Waals surface area contributed by atoms with Crippen LogP contribution in [0.1, 0.15) is 0 Å². The maximum Gasteiger partial charge on any atom is 0.344 e. The van der Waals surface area contributed by atoms with Crippen LogP contribution in [0.3, 0.4) is 0 Å². The average molecular weight is 758 g/mol. The van der Waals surface area contributed by atoms with Gasteiger partial charge in [0.2, 0.25) is 5.95 Å². The van der Waals surface area contributed by atoms with Crippen molar-refractivity contribution in [2.45, 2.75) is 0 Å². The highest BCUT2D eigenvalue weighted by molar-refractivity contribution is 6.21. The first-order valence-corrected chi connectivity index (χ1v) is 19.6. The number of nitrogens with zero attached hydrogens (tertiary/aromatic N) is 5. The molecule has 0 atom stereocenters. The van der Waals surface area contributed by atoms with Crippen molar-refractivity contribution >= 4 is 65.4 Å². The van der Waals surface area contributed by atoms with Gasteiger partial charge in [0, 0.05) is 43.7 Å². The molecule has 12 rings (SSSR count). The normalized spacial score (nSPS) is 11.8. The van der Waals surface area contributed by atoms with E-state index in [-0.39, 0.29) is 0 Å². The molecular weight excluding hydrogens is 727 g/mol. The molecule has 0 aliphatic heterocycles. The summed E-state index contributed by atoms with van der Waals surface area (Å²) >= 11 is 0. The Morgan fingerprint density at radius 3 is 1.53 bits per heavy atom. The Morgan fingerprint density at radius 1 is 0.373 bits per heavy atom. The van der Waals surface area contributed by atoms with Crippen LogP contribution in [-0.2, 0) is 0 Å². The Bertz CT molecular complexity index is 3630. The van der Waals surface area contributed by atoms with Crippen molar-refractivity contribution in [3.8, 4) is 45.5 Å². The Labute approximate surface area is 336 Å². The Hall–Kier alpha value is -8.16. The predicted molar refractivity (Wildman–Crippen MR) is 238 cm³/mol. The molecule has 276 valence electrons. The van der Waals surface area contributed by atoms with E-state index >= 15 is 0 Å². The standard InChI is InChI=1S/C52H31N5O2/c58-51-43-22-11-10-20-37(43)42-29-28-41-40-27-25-35(34-24-26-39-38-21-12-13-23-44(38)56(45(39)30-34)36-18-8-3-9-19-36)31-46(40)57(47(41)48(42)59-51)52-54-49(32-14-4-1-5-15-32)53-50(55-52)33-16-6-2-7-17-33/h1-31H. The SMILES string of the molecule is O=c1oc2c(ccc3c4ccc(-c5ccc6c7ccccc7n(-c7ccccc7)c6c5)cc4n(-c4nc(-c5ccccc5)nc(-c5ccccc5)n4)c32)c2ccccc12. The number of fused-ring (bicyclic) bond motifs is 10. The van der Waals surface area contributed by atoms with Gasteiger partial charge >= 0.3 is 5.63 Å². The van der Waals surface area contributed by atoms with E-state index in [0.29, 0.717) is 34.1 Å². The molecule has 0 radical (unpaired) electrons. The van der Waals surface area contributed by atoms with Crippen molar-refractivity contribution in [1.82, 2.24) is 24.1 Å². The predicted octanol–water partition coefficient (Wildman–Crippen LogP) is 12.3. The number of aromatic nitrogens is 5. The summed E-state index contributed by atoms with van der Waals surface area (Å²) in [5, 5.41) is 6.47. The lowest BCUT2D eigenvalue weighted by atomic mass is 10.0. The third-order valence-electron chi connectivity index (χ3n) is 11.4. The zero-order chi connectivity index (χ0) is 39.0. The minimum absolute atomic E-state index is 0.397. The van der Waals surface area contributed by atoms with Crippen molar-refractivity contribution in [3.63, 3.8) is 0 Å². The van der Waals surface area contributed by atoms with Crippen LogP contribution in [0.4, 0.5) is 0 Å². The molecule has 8 aromatic carbocycles. The molecule has 0 N–H and O–H groups in total. The van der Waals surface area contributed by atoms with Crippen LogP contribution in [0.15, 0.2) is 197 Å². The molecule has 0 bridgehead atoms. The molecule has 0 unspecified atom stereocenters. The third kappa shape index (κ3) is 5.15. The molecule has 7 nitrogen and oxygen atoms in total. The molecule has 4 heterocycles. The maximum absolute atomic E-state index is 13.7. The molecule has 0 fully saturated rings. The first-order valence-electron chi connectivity index (χ1n) is 19.6. The van der Waals surface area contributed by atoms with E-state index in [1.165, 1.54) is 10.8 Å². The van der Waals surface area contributed by atoms with Crippen molar-refractivity contribution in [2.24, 2.45) is 0 Å². The van der Waals surface area contributed by atoms with E-state index in [0.717, 1.165) is 66.0 Å². The van der Waals surface area contributed by atoms with Crippen molar-refractivity contribution in [3.05, 3.63) is 198 Å². The third-order valence-corrected chi connectivity index (χ3v) is 11.4. The van der Waals surface area contributed by atoms with E-state index in [1.54, 1.807) is 0 Å². The van der Waals surface area contributed by atoms with Gasteiger partial charge in [-0.2, -0.15) is 9.97 Å². The van der Waals surface area contributed by atoms with Crippen LogP contribution < -0.4 is 5.63 Å².